The molecule has 2 aliphatic heterocycles. The maximum absolute atomic E-state index is 15.0. The summed E-state index contributed by atoms with van der Waals surface area (Å²) >= 11 is 0. The number of alkyl halides is 1. The van der Waals surface area contributed by atoms with Gasteiger partial charge in [-0.05, 0) is 94.6 Å². The molecule has 0 bridgehead atoms. The Kier molecular flexibility index (Phi) is 8.46. The summed E-state index contributed by atoms with van der Waals surface area (Å²) in [5.74, 6) is -0.206. The zero-order valence-electron chi connectivity index (χ0n) is 21.6. The molecule has 2 aliphatic rings. The number of piperidine rings is 2. The highest BCUT2D eigenvalue weighted by Gasteiger charge is 2.25. The van der Waals surface area contributed by atoms with Crippen molar-refractivity contribution in [2.45, 2.75) is 64.1 Å². The molecular formula is C30H39F3N2O. The van der Waals surface area contributed by atoms with Gasteiger partial charge in [0.2, 0.25) is 0 Å². The van der Waals surface area contributed by atoms with E-state index in [-0.39, 0.29) is 11.9 Å². The van der Waals surface area contributed by atoms with E-state index in [0.717, 1.165) is 51.7 Å². The van der Waals surface area contributed by atoms with Crippen molar-refractivity contribution in [2.75, 3.05) is 32.7 Å². The molecule has 0 saturated carbocycles. The highest BCUT2D eigenvalue weighted by molar-refractivity contribution is 5.70. The summed E-state index contributed by atoms with van der Waals surface area (Å²) < 4.78 is 43.9. The summed E-state index contributed by atoms with van der Waals surface area (Å²) in [6.45, 7) is 10.9. The average molecular weight is 501 g/mol. The molecule has 2 heterocycles. The Bertz CT molecular complexity index is 1060. The molecule has 36 heavy (non-hydrogen) atoms. The molecule has 2 aromatic carbocycles. The highest BCUT2D eigenvalue weighted by atomic mass is 19.1. The normalized spacial score (nSPS) is 20.1. The SMILES string of the molecule is C=C(c1ccc(-c2ccc(CCC3CCN(CC(C)(C)F)CC3)c(F)c2)c(F)c1)N1CCCC(O)C1. The van der Waals surface area contributed by atoms with Crippen LogP contribution in [0, 0.1) is 17.6 Å². The van der Waals surface area contributed by atoms with Gasteiger partial charge in [-0.1, -0.05) is 30.8 Å². The fraction of sp³-hybridized carbons (Fsp3) is 0.533. The molecule has 0 amide bonds. The number of aliphatic hydroxyl groups is 1. The van der Waals surface area contributed by atoms with Gasteiger partial charge in [0.25, 0.3) is 0 Å². The number of β-amino-alcohol motifs (C(OH)–C–C–N with tert-alkyl or cyclic N) is 1. The van der Waals surface area contributed by atoms with Crippen molar-refractivity contribution in [2.24, 2.45) is 5.92 Å². The zero-order chi connectivity index (χ0) is 25.9. The third-order valence-corrected chi connectivity index (χ3v) is 7.57. The van der Waals surface area contributed by atoms with Crippen molar-refractivity contribution in [3.05, 3.63) is 65.7 Å². The summed E-state index contributed by atoms with van der Waals surface area (Å²) in [6, 6.07) is 9.92. The van der Waals surface area contributed by atoms with Crippen LogP contribution in [0.3, 0.4) is 0 Å². The molecule has 3 nitrogen and oxygen atoms in total. The Hall–Kier alpha value is -2.31. The van der Waals surface area contributed by atoms with Gasteiger partial charge in [0, 0.05) is 36.5 Å². The van der Waals surface area contributed by atoms with E-state index < -0.39 is 11.5 Å². The van der Waals surface area contributed by atoms with E-state index >= 15 is 4.39 Å². The zero-order valence-corrected chi connectivity index (χ0v) is 21.6. The van der Waals surface area contributed by atoms with Crippen LogP contribution in [0.4, 0.5) is 13.2 Å². The summed E-state index contributed by atoms with van der Waals surface area (Å²) in [4.78, 5) is 4.17. The average Bonchev–Trinajstić information content (AvgIpc) is 2.83. The van der Waals surface area contributed by atoms with E-state index in [2.05, 4.69) is 11.5 Å². The topological polar surface area (TPSA) is 26.7 Å². The molecule has 1 N–H and O–H groups in total. The van der Waals surface area contributed by atoms with Crippen molar-refractivity contribution in [1.29, 1.82) is 0 Å². The van der Waals surface area contributed by atoms with E-state index in [1.54, 1.807) is 32.0 Å². The van der Waals surface area contributed by atoms with Crippen LogP contribution < -0.4 is 0 Å². The van der Waals surface area contributed by atoms with E-state index in [1.807, 2.05) is 11.0 Å². The Morgan fingerprint density at radius 3 is 2.42 bits per heavy atom. The maximum Gasteiger partial charge on any atom is 0.131 e. The predicted octanol–water partition coefficient (Wildman–Crippen LogP) is 6.45. The first-order valence-electron chi connectivity index (χ1n) is 13.2. The molecular weight excluding hydrogens is 461 g/mol. The molecule has 2 aromatic rings. The summed E-state index contributed by atoms with van der Waals surface area (Å²) in [5.41, 5.74) is 1.71. The molecule has 2 fully saturated rings. The smallest absolute Gasteiger partial charge is 0.131 e. The predicted molar refractivity (Wildman–Crippen MR) is 140 cm³/mol. The quantitative estimate of drug-likeness (QED) is 0.451. The number of hydrogen-bond acceptors (Lipinski definition) is 3. The Morgan fingerprint density at radius 1 is 1.03 bits per heavy atom. The van der Waals surface area contributed by atoms with Gasteiger partial charge in [0.05, 0.1) is 6.10 Å². The van der Waals surface area contributed by atoms with Crippen LogP contribution in [0.2, 0.25) is 0 Å². The van der Waals surface area contributed by atoms with Crippen molar-refractivity contribution in [1.82, 2.24) is 9.80 Å². The number of benzene rings is 2. The number of hydrogen-bond donors (Lipinski definition) is 1. The number of aliphatic hydroxyl groups excluding tert-OH is 1. The lowest BCUT2D eigenvalue weighted by atomic mass is 9.89. The van der Waals surface area contributed by atoms with E-state index in [1.165, 1.54) is 12.1 Å². The largest absolute Gasteiger partial charge is 0.391 e. The standard InChI is InChI=1S/C30H39F3N2O/c1-21(35-14-4-5-26(36)19-35)24-10-11-27(29(32)17-24)25-9-8-23(28(31)18-25)7-6-22-12-15-34(16-13-22)20-30(2,3)33/h8-11,17-18,22,26,36H,1,4-7,12-16,19-20H2,2-3H3. The number of halogens is 3. The second-order valence-corrected chi connectivity index (χ2v) is 11.2. The molecule has 0 aromatic heterocycles. The molecule has 2 saturated heterocycles. The van der Waals surface area contributed by atoms with Crippen LogP contribution in [0.15, 0.2) is 43.0 Å². The van der Waals surface area contributed by atoms with Crippen LogP contribution in [0.1, 0.15) is 57.1 Å². The highest BCUT2D eigenvalue weighted by Crippen LogP contribution is 2.30. The third kappa shape index (κ3) is 6.92. The van der Waals surface area contributed by atoms with E-state index in [0.29, 0.717) is 53.4 Å². The van der Waals surface area contributed by atoms with Gasteiger partial charge >= 0.3 is 0 Å². The van der Waals surface area contributed by atoms with Gasteiger partial charge in [-0.2, -0.15) is 0 Å². The van der Waals surface area contributed by atoms with Crippen LogP contribution in [-0.2, 0) is 6.42 Å². The molecule has 196 valence electrons. The molecule has 0 radical (unpaired) electrons. The first kappa shape index (κ1) is 26.7. The van der Waals surface area contributed by atoms with Gasteiger partial charge in [0.15, 0.2) is 0 Å². The fourth-order valence-corrected chi connectivity index (χ4v) is 5.55. The lowest BCUT2D eigenvalue weighted by Gasteiger charge is -2.34. The number of aryl methyl sites for hydroxylation is 1. The fourth-order valence-electron chi connectivity index (χ4n) is 5.55. The minimum absolute atomic E-state index is 0.306. The molecule has 0 spiro atoms. The van der Waals surface area contributed by atoms with Crippen molar-refractivity contribution >= 4 is 5.70 Å². The molecule has 1 atom stereocenters. The first-order chi connectivity index (χ1) is 17.1. The van der Waals surface area contributed by atoms with Crippen LogP contribution in [0.5, 0.6) is 0 Å². The Labute approximate surface area is 213 Å². The second-order valence-electron chi connectivity index (χ2n) is 11.2. The summed E-state index contributed by atoms with van der Waals surface area (Å²) in [7, 11) is 0. The van der Waals surface area contributed by atoms with Crippen molar-refractivity contribution in [3.8, 4) is 11.1 Å². The van der Waals surface area contributed by atoms with Gasteiger partial charge in [-0.3, -0.25) is 0 Å². The summed E-state index contributed by atoms with van der Waals surface area (Å²) in [6.07, 6.45) is 4.83. The van der Waals surface area contributed by atoms with Crippen LogP contribution in [-0.4, -0.2) is 59.4 Å². The van der Waals surface area contributed by atoms with Gasteiger partial charge in [-0.25, -0.2) is 13.2 Å². The minimum Gasteiger partial charge on any atom is -0.391 e. The van der Waals surface area contributed by atoms with E-state index in [9.17, 15) is 13.9 Å². The number of nitrogens with zero attached hydrogens (tertiary/aromatic N) is 2. The van der Waals surface area contributed by atoms with Crippen molar-refractivity contribution in [3.63, 3.8) is 0 Å². The third-order valence-electron chi connectivity index (χ3n) is 7.57. The van der Waals surface area contributed by atoms with Crippen LogP contribution in [0.25, 0.3) is 16.8 Å². The lowest BCUT2D eigenvalue weighted by molar-refractivity contribution is 0.0942. The van der Waals surface area contributed by atoms with Crippen molar-refractivity contribution < 1.29 is 18.3 Å². The number of rotatable bonds is 8. The minimum atomic E-state index is -1.18. The first-order valence-corrected chi connectivity index (χ1v) is 13.2. The molecule has 6 heteroatoms. The molecule has 0 aliphatic carbocycles. The van der Waals surface area contributed by atoms with E-state index in [4.69, 9.17) is 0 Å². The van der Waals surface area contributed by atoms with Gasteiger partial charge < -0.3 is 14.9 Å². The second kappa shape index (κ2) is 11.4. The Balaban J connectivity index is 1.35. The Morgan fingerprint density at radius 2 is 1.78 bits per heavy atom. The molecule has 1 unspecified atom stereocenters. The van der Waals surface area contributed by atoms with Gasteiger partial charge in [-0.15, -0.1) is 0 Å². The lowest BCUT2D eigenvalue weighted by Crippen LogP contribution is -2.41. The summed E-state index contributed by atoms with van der Waals surface area (Å²) in [5, 5.41) is 9.92. The number of likely N-dealkylation sites (tertiary alicyclic amines) is 2. The maximum atomic E-state index is 15.0. The van der Waals surface area contributed by atoms with Gasteiger partial charge in [0.1, 0.15) is 17.3 Å². The monoisotopic (exact) mass is 500 g/mol. The van der Waals surface area contributed by atoms with Crippen LogP contribution >= 0.6 is 0 Å². The molecule has 4 rings (SSSR count).